The monoisotopic (exact) mass is 324 g/mol. The molecule has 0 aliphatic heterocycles. The van der Waals surface area contributed by atoms with E-state index in [1.54, 1.807) is 0 Å². The van der Waals surface area contributed by atoms with Crippen LogP contribution in [0.2, 0.25) is 0 Å². The van der Waals surface area contributed by atoms with Crippen molar-refractivity contribution in [1.29, 1.82) is 0 Å². The van der Waals surface area contributed by atoms with Crippen molar-refractivity contribution in [2.24, 2.45) is 0 Å². The van der Waals surface area contributed by atoms with Crippen LogP contribution in [0.25, 0.3) is 11.3 Å². The molecule has 25 heavy (non-hydrogen) atoms. The van der Waals surface area contributed by atoms with Crippen LogP contribution in [0.1, 0.15) is 22.9 Å². The Morgan fingerprint density at radius 2 is 1.12 bits per heavy atom. The number of fused-ring (bicyclic) bond motifs is 2. The zero-order valence-electron chi connectivity index (χ0n) is 13.5. The number of pyridine rings is 2. The van der Waals surface area contributed by atoms with E-state index in [-0.39, 0.29) is 5.92 Å². The van der Waals surface area contributed by atoms with Crippen LogP contribution in [0.5, 0.6) is 0 Å². The molecule has 4 heteroatoms. The fourth-order valence-electron chi connectivity index (χ4n) is 3.47. The maximum atomic E-state index is 4.59. The number of imidazole rings is 2. The van der Waals surface area contributed by atoms with Gasteiger partial charge in [-0.15, -0.1) is 0 Å². The molecular weight excluding hydrogens is 308 g/mol. The van der Waals surface area contributed by atoms with Crippen LogP contribution in [0.3, 0.4) is 0 Å². The average Bonchev–Trinajstić information content (AvgIpc) is 3.29. The van der Waals surface area contributed by atoms with Crippen LogP contribution in [0.4, 0.5) is 0 Å². The van der Waals surface area contributed by atoms with Crippen molar-refractivity contribution in [2.75, 3.05) is 0 Å². The third-order valence-electron chi connectivity index (χ3n) is 4.62. The van der Waals surface area contributed by atoms with Gasteiger partial charge in [0, 0.05) is 12.4 Å². The van der Waals surface area contributed by atoms with E-state index < -0.39 is 0 Å². The molecule has 4 nitrogen and oxygen atoms in total. The van der Waals surface area contributed by atoms with Crippen LogP contribution in [-0.2, 0) is 0 Å². The minimum absolute atomic E-state index is 0.0519. The Labute approximate surface area is 145 Å². The fraction of sp³-hybridized carbons (Fsp3) is 0.0476. The lowest BCUT2D eigenvalue weighted by molar-refractivity contribution is 0.846. The van der Waals surface area contributed by atoms with E-state index in [9.17, 15) is 0 Å². The van der Waals surface area contributed by atoms with Gasteiger partial charge >= 0.3 is 0 Å². The zero-order chi connectivity index (χ0) is 16.6. The Hall–Kier alpha value is -3.40. The molecule has 0 saturated carbocycles. The number of nitrogens with zero attached hydrogens (tertiary/aromatic N) is 4. The first-order valence-corrected chi connectivity index (χ1v) is 8.31. The summed E-state index contributed by atoms with van der Waals surface area (Å²) in [6, 6.07) is 22.7. The summed E-state index contributed by atoms with van der Waals surface area (Å²) in [4.78, 5) is 9.18. The van der Waals surface area contributed by atoms with Gasteiger partial charge in [0.2, 0.25) is 0 Å². The molecule has 0 N–H and O–H groups in total. The van der Waals surface area contributed by atoms with Gasteiger partial charge in [0.25, 0.3) is 0 Å². The fourth-order valence-corrected chi connectivity index (χ4v) is 3.47. The molecule has 1 aromatic carbocycles. The van der Waals surface area contributed by atoms with Gasteiger partial charge in [0.05, 0.1) is 29.7 Å². The molecule has 0 radical (unpaired) electrons. The minimum Gasteiger partial charge on any atom is -0.303 e. The van der Waals surface area contributed by atoms with Crippen molar-refractivity contribution < 1.29 is 0 Å². The van der Waals surface area contributed by atoms with Crippen molar-refractivity contribution in [2.45, 2.75) is 5.92 Å². The molecule has 0 aliphatic carbocycles. The van der Waals surface area contributed by atoms with E-state index in [1.165, 1.54) is 5.56 Å². The van der Waals surface area contributed by atoms with E-state index in [1.807, 2.05) is 54.9 Å². The molecule has 0 amide bonds. The normalized spacial score (nSPS) is 11.6. The van der Waals surface area contributed by atoms with Crippen LogP contribution in [0.15, 0.2) is 91.5 Å². The standard InChI is InChI=1S/C21H16N4/c1-2-8-16(9-3-1)21(17-14-22-19-10-4-6-12-24(17)19)18-15-23-20-11-5-7-13-25(18)20/h1-15,21H. The highest BCUT2D eigenvalue weighted by Gasteiger charge is 2.23. The van der Waals surface area contributed by atoms with Gasteiger partial charge in [-0.05, 0) is 29.8 Å². The van der Waals surface area contributed by atoms with Crippen molar-refractivity contribution in [3.05, 3.63) is 108 Å². The van der Waals surface area contributed by atoms with Gasteiger partial charge in [0.1, 0.15) is 11.3 Å². The van der Waals surface area contributed by atoms with Crippen LogP contribution in [-0.4, -0.2) is 18.8 Å². The number of hydrogen-bond donors (Lipinski definition) is 0. The van der Waals surface area contributed by atoms with Gasteiger partial charge in [0.15, 0.2) is 0 Å². The third-order valence-corrected chi connectivity index (χ3v) is 4.62. The van der Waals surface area contributed by atoms with E-state index >= 15 is 0 Å². The first-order chi connectivity index (χ1) is 12.4. The van der Waals surface area contributed by atoms with Gasteiger partial charge in [-0.3, -0.25) is 0 Å². The molecule has 0 aliphatic rings. The highest BCUT2D eigenvalue weighted by Crippen LogP contribution is 2.32. The van der Waals surface area contributed by atoms with Crippen molar-refractivity contribution in [1.82, 2.24) is 18.8 Å². The summed E-state index contributed by atoms with van der Waals surface area (Å²) in [6.45, 7) is 0. The Morgan fingerprint density at radius 1 is 0.600 bits per heavy atom. The van der Waals surface area contributed by atoms with Gasteiger partial charge in [-0.2, -0.15) is 0 Å². The molecule has 5 aromatic rings. The number of benzene rings is 1. The maximum absolute atomic E-state index is 4.59. The van der Waals surface area contributed by atoms with Gasteiger partial charge in [-0.1, -0.05) is 42.5 Å². The Kier molecular flexibility index (Phi) is 3.13. The zero-order valence-corrected chi connectivity index (χ0v) is 13.5. The van der Waals surface area contributed by atoms with Gasteiger partial charge in [-0.25, -0.2) is 9.97 Å². The van der Waals surface area contributed by atoms with Crippen LogP contribution in [0, 0.1) is 0 Å². The van der Waals surface area contributed by atoms with E-state index in [4.69, 9.17) is 0 Å². The average molecular weight is 324 g/mol. The van der Waals surface area contributed by atoms with Crippen molar-refractivity contribution in [3.8, 4) is 0 Å². The predicted octanol–water partition coefficient (Wildman–Crippen LogP) is 4.16. The minimum atomic E-state index is 0.0519. The molecule has 0 spiro atoms. The van der Waals surface area contributed by atoms with Crippen molar-refractivity contribution >= 4 is 11.3 Å². The topological polar surface area (TPSA) is 34.6 Å². The Balaban J connectivity index is 1.81. The molecule has 4 heterocycles. The quantitative estimate of drug-likeness (QED) is 0.499. The summed E-state index contributed by atoms with van der Waals surface area (Å²) in [5.74, 6) is 0.0519. The lowest BCUT2D eigenvalue weighted by Crippen LogP contribution is -2.09. The predicted molar refractivity (Wildman–Crippen MR) is 97.8 cm³/mol. The molecule has 0 unspecified atom stereocenters. The van der Waals surface area contributed by atoms with E-state index in [0.717, 1.165) is 22.7 Å². The molecule has 120 valence electrons. The van der Waals surface area contributed by atoms with E-state index in [2.05, 4.69) is 55.4 Å². The number of aromatic nitrogens is 4. The molecule has 5 rings (SSSR count). The summed E-state index contributed by atoms with van der Waals surface area (Å²) < 4.78 is 4.31. The third kappa shape index (κ3) is 2.22. The van der Waals surface area contributed by atoms with Gasteiger partial charge < -0.3 is 8.80 Å². The first kappa shape index (κ1) is 14.0. The second-order valence-electron chi connectivity index (χ2n) is 6.07. The molecule has 0 fully saturated rings. The maximum Gasteiger partial charge on any atom is 0.136 e. The number of rotatable bonds is 3. The molecule has 4 aromatic heterocycles. The first-order valence-electron chi connectivity index (χ1n) is 8.31. The summed E-state index contributed by atoms with van der Waals surface area (Å²) in [7, 11) is 0. The van der Waals surface area contributed by atoms with Crippen molar-refractivity contribution in [3.63, 3.8) is 0 Å². The summed E-state index contributed by atoms with van der Waals surface area (Å²) in [5, 5.41) is 0. The smallest absolute Gasteiger partial charge is 0.136 e. The molecule has 0 saturated heterocycles. The highest BCUT2D eigenvalue weighted by atomic mass is 15.0. The van der Waals surface area contributed by atoms with Crippen LogP contribution >= 0.6 is 0 Å². The Morgan fingerprint density at radius 3 is 1.68 bits per heavy atom. The summed E-state index contributed by atoms with van der Waals surface area (Å²) in [6.07, 6.45) is 8.07. The lowest BCUT2D eigenvalue weighted by atomic mass is 9.93. The summed E-state index contributed by atoms with van der Waals surface area (Å²) >= 11 is 0. The van der Waals surface area contributed by atoms with Crippen LogP contribution < -0.4 is 0 Å². The molecule has 0 atom stereocenters. The van der Waals surface area contributed by atoms with E-state index in [0.29, 0.717) is 0 Å². The number of hydrogen-bond acceptors (Lipinski definition) is 2. The summed E-state index contributed by atoms with van der Waals surface area (Å²) in [5.41, 5.74) is 5.39. The Bertz CT molecular complexity index is 1080. The SMILES string of the molecule is c1ccc(C(c2cnc3ccccn23)c2cnc3ccccn23)cc1. The second-order valence-corrected chi connectivity index (χ2v) is 6.07. The lowest BCUT2D eigenvalue weighted by Gasteiger charge is -2.17. The molecular formula is C21H16N4. The highest BCUT2D eigenvalue weighted by molar-refractivity contribution is 5.49. The molecule has 0 bridgehead atoms. The largest absolute Gasteiger partial charge is 0.303 e. The second kappa shape index (κ2) is 5.60.